The summed E-state index contributed by atoms with van der Waals surface area (Å²) in [6.07, 6.45) is 3.73. The third-order valence-corrected chi connectivity index (χ3v) is 12.2. The quantitative estimate of drug-likeness (QED) is 0.197. The summed E-state index contributed by atoms with van der Waals surface area (Å²) in [6, 6.07) is 20.4. The van der Waals surface area contributed by atoms with Gasteiger partial charge in [-0.1, -0.05) is 60.7 Å². The number of aryl methyl sites for hydroxylation is 2. The summed E-state index contributed by atoms with van der Waals surface area (Å²) >= 11 is 3.49. The molecule has 0 unspecified atom stereocenters. The van der Waals surface area contributed by atoms with E-state index in [0.717, 1.165) is 26.9 Å². The number of rotatable bonds is 4. The highest BCUT2D eigenvalue weighted by Crippen LogP contribution is 2.43. The van der Waals surface area contributed by atoms with E-state index in [1.165, 1.54) is 5.56 Å². The first kappa shape index (κ1) is 40.5. The molecule has 7 rings (SSSR count). The standard InChI is InChI=1S/C16H21BN2O2.C12H24B2O4.C10H9BrN2/c1-15(2)16(3,4)21-17(20-15)14-13(11-18-19(14)5)12-9-7-6-8-10-12;1-9(2)10(3,4)16-13(15-9)14-17-11(5,6)12(7,8)18-14;1-13-10(11)9(7-12-13)8-5-3-2-4-6-8/h6-11H,1-5H3;1-8H3;2-7H,1H3. The van der Waals surface area contributed by atoms with Crippen LogP contribution in [-0.2, 0) is 42.0 Å². The molecule has 0 bridgehead atoms. The average Bonchev–Trinajstić information content (AvgIpc) is 3.78. The Bertz CT molecular complexity index is 1750. The molecule has 0 saturated carbocycles. The van der Waals surface area contributed by atoms with Crippen molar-refractivity contribution >= 4 is 42.7 Å². The second kappa shape index (κ2) is 14.5. The molecule has 10 nitrogen and oxygen atoms in total. The van der Waals surface area contributed by atoms with Gasteiger partial charge in [0.05, 0.1) is 51.6 Å². The molecule has 2 aromatic heterocycles. The van der Waals surface area contributed by atoms with Crippen LogP contribution >= 0.6 is 15.9 Å². The highest BCUT2D eigenvalue weighted by Gasteiger charge is 2.63. The third kappa shape index (κ3) is 8.04. The molecule has 52 heavy (non-hydrogen) atoms. The van der Waals surface area contributed by atoms with Crippen LogP contribution in [0.25, 0.3) is 22.3 Å². The molecule has 2 aromatic carbocycles. The minimum Gasteiger partial charge on any atom is -0.405 e. The molecule has 3 aliphatic rings. The fourth-order valence-electron chi connectivity index (χ4n) is 5.75. The molecule has 3 aliphatic heterocycles. The molecule has 4 aromatic rings. The second-order valence-electron chi connectivity index (χ2n) is 16.6. The fraction of sp³-hybridized carbons (Fsp3) is 0.526. The summed E-state index contributed by atoms with van der Waals surface area (Å²) in [5.74, 6) is 0. The summed E-state index contributed by atoms with van der Waals surface area (Å²) in [7, 11) is 2.48. The zero-order valence-electron chi connectivity index (χ0n) is 33.3. The van der Waals surface area contributed by atoms with Gasteiger partial charge in [0, 0.05) is 25.2 Å². The van der Waals surface area contributed by atoms with E-state index in [0.29, 0.717) is 0 Å². The zero-order chi connectivity index (χ0) is 38.5. The van der Waals surface area contributed by atoms with E-state index in [1.54, 1.807) is 0 Å². The Labute approximate surface area is 319 Å². The van der Waals surface area contributed by atoms with E-state index in [-0.39, 0.29) is 33.6 Å². The molecule has 5 heterocycles. The van der Waals surface area contributed by atoms with Crippen LogP contribution in [0.15, 0.2) is 77.7 Å². The van der Waals surface area contributed by atoms with Gasteiger partial charge in [0.2, 0.25) is 0 Å². The van der Waals surface area contributed by atoms with Gasteiger partial charge in [0.15, 0.2) is 0 Å². The molecule has 0 radical (unpaired) electrons. The van der Waals surface area contributed by atoms with Crippen molar-refractivity contribution in [3.8, 4) is 22.3 Å². The Morgan fingerprint density at radius 3 is 1.17 bits per heavy atom. The Kier molecular flexibility index (Phi) is 11.3. The van der Waals surface area contributed by atoms with Crippen LogP contribution in [0.3, 0.4) is 0 Å². The van der Waals surface area contributed by atoms with Gasteiger partial charge in [-0.25, -0.2) is 0 Å². The Morgan fingerprint density at radius 2 is 0.808 bits per heavy atom. The highest BCUT2D eigenvalue weighted by molar-refractivity contribution is 9.10. The largest absolute Gasteiger partial charge is 0.514 e. The van der Waals surface area contributed by atoms with Gasteiger partial charge < -0.3 is 27.9 Å². The molecular weight excluding hydrogens is 721 g/mol. The lowest BCUT2D eigenvalue weighted by Crippen LogP contribution is -2.41. The van der Waals surface area contributed by atoms with E-state index in [1.807, 2.05) is 128 Å². The normalized spacial score (nSPS) is 21.7. The molecule has 278 valence electrons. The first-order valence-corrected chi connectivity index (χ1v) is 18.6. The van der Waals surface area contributed by atoms with Gasteiger partial charge >= 0.3 is 21.1 Å². The second-order valence-corrected chi connectivity index (χ2v) is 17.4. The number of nitrogens with zero attached hydrogens (tertiary/aromatic N) is 4. The lowest BCUT2D eigenvalue weighted by Gasteiger charge is -2.32. The van der Waals surface area contributed by atoms with Crippen LogP contribution in [0.1, 0.15) is 83.1 Å². The van der Waals surface area contributed by atoms with Crippen molar-refractivity contribution in [2.75, 3.05) is 0 Å². The van der Waals surface area contributed by atoms with Gasteiger partial charge in [0.1, 0.15) is 4.60 Å². The maximum absolute atomic E-state index is 6.17. The average molecular weight is 775 g/mol. The highest BCUT2D eigenvalue weighted by atomic mass is 79.9. The lowest BCUT2D eigenvalue weighted by molar-refractivity contribution is 0.00578. The van der Waals surface area contributed by atoms with E-state index < -0.39 is 21.1 Å². The van der Waals surface area contributed by atoms with Crippen molar-refractivity contribution in [1.29, 1.82) is 0 Å². The van der Waals surface area contributed by atoms with E-state index in [4.69, 9.17) is 27.9 Å². The van der Waals surface area contributed by atoms with Gasteiger partial charge in [-0.3, -0.25) is 9.36 Å². The van der Waals surface area contributed by atoms with Crippen LogP contribution in [-0.4, -0.2) is 74.3 Å². The van der Waals surface area contributed by atoms with E-state index in [2.05, 4.69) is 78.1 Å². The molecule has 0 aliphatic carbocycles. The van der Waals surface area contributed by atoms with Crippen LogP contribution in [0.4, 0.5) is 0 Å². The lowest BCUT2D eigenvalue weighted by atomic mass is 9.49. The van der Waals surface area contributed by atoms with Gasteiger partial charge in [-0.15, -0.1) is 0 Å². The minimum atomic E-state index is -0.476. The Hall–Kier alpha value is -2.71. The third-order valence-electron chi connectivity index (χ3n) is 11.3. The SMILES string of the molecule is CC1(C)OB(B2OC(C)(C)C(C)(C)O2)OC1(C)C.Cn1ncc(-c2ccccc2)c1B1OC(C)(C)C(C)(C)O1.Cn1ncc(-c2ccccc2)c1Br. The summed E-state index contributed by atoms with van der Waals surface area (Å²) < 4.78 is 40.8. The first-order chi connectivity index (χ1) is 24.0. The number of halogens is 1. The van der Waals surface area contributed by atoms with Crippen LogP contribution < -0.4 is 5.59 Å². The van der Waals surface area contributed by atoms with E-state index in [9.17, 15) is 0 Å². The number of aromatic nitrogens is 4. The van der Waals surface area contributed by atoms with Crippen LogP contribution in [0.2, 0.25) is 0 Å². The predicted molar refractivity (Wildman–Crippen MR) is 213 cm³/mol. The fourth-order valence-corrected chi connectivity index (χ4v) is 6.18. The van der Waals surface area contributed by atoms with Crippen molar-refractivity contribution in [1.82, 2.24) is 19.6 Å². The topological polar surface area (TPSA) is 91.0 Å². The summed E-state index contributed by atoms with van der Waals surface area (Å²) in [6.45, 7) is 24.5. The smallest absolute Gasteiger partial charge is 0.405 e. The molecule has 0 atom stereocenters. The first-order valence-electron chi connectivity index (χ1n) is 17.9. The molecule has 3 saturated heterocycles. The molecule has 0 N–H and O–H groups in total. The Balaban J connectivity index is 0.000000155. The van der Waals surface area contributed by atoms with Gasteiger partial charge in [-0.2, -0.15) is 10.2 Å². The number of benzene rings is 2. The predicted octanol–water partition coefficient (Wildman–Crippen LogP) is 7.49. The van der Waals surface area contributed by atoms with Crippen molar-refractivity contribution in [2.24, 2.45) is 14.1 Å². The van der Waals surface area contributed by atoms with Crippen LogP contribution in [0, 0.1) is 0 Å². The zero-order valence-corrected chi connectivity index (χ0v) is 34.9. The van der Waals surface area contributed by atoms with Crippen molar-refractivity contribution in [3.05, 3.63) is 77.7 Å². The minimum absolute atomic E-state index is 0.351. The summed E-state index contributed by atoms with van der Waals surface area (Å²) in [4.78, 5) is 0. The Morgan fingerprint density at radius 1 is 0.481 bits per heavy atom. The molecular formula is C38H54B3BrN4O6. The number of hydrogen-bond donors (Lipinski definition) is 0. The van der Waals surface area contributed by atoms with Crippen molar-refractivity contribution in [3.63, 3.8) is 0 Å². The summed E-state index contributed by atoms with van der Waals surface area (Å²) in [5, 5.41) is 8.55. The molecule has 0 amide bonds. The molecule has 3 fully saturated rings. The maximum Gasteiger partial charge on any atom is 0.514 e. The monoisotopic (exact) mass is 774 g/mol. The summed E-state index contributed by atoms with van der Waals surface area (Å²) in [5.41, 5.74) is 3.30. The van der Waals surface area contributed by atoms with Crippen LogP contribution in [0.5, 0.6) is 0 Å². The van der Waals surface area contributed by atoms with Gasteiger partial charge in [0.25, 0.3) is 0 Å². The number of hydrogen-bond acceptors (Lipinski definition) is 8. The van der Waals surface area contributed by atoms with Gasteiger partial charge in [-0.05, 0) is 110 Å². The maximum atomic E-state index is 6.17. The van der Waals surface area contributed by atoms with E-state index >= 15 is 0 Å². The van der Waals surface area contributed by atoms with Crippen molar-refractivity contribution < 1.29 is 27.9 Å². The van der Waals surface area contributed by atoms with Crippen molar-refractivity contribution in [2.45, 2.75) is 117 Å². The molecule has 0 spiro atoms. The molecule has 14 heteroatoms.